The molecule has 0 radical (unpaired) electrons. The number of aryl methyl sites for hydroxylation is 1. The van der Waals surface area contributed by atoms with Crippen molar-refractivity contribution in [2.75, 3.05) is 11.9 Å². The van der Waals surface area contributed by atoms with Gasteiger partial charge in [-0.15, -0.1) is 10.2 Å². The smallest absolute Gasteiger partial charge is 0.345 e. The molecule has 0 spiro atoms. The lowest BCUT2D eigenvalue weighted by molar-refractivity contribution is -0.380. The number of rotatable bonds is 5. The largest absolute Gasteiger partial charge is 0.361 e. The summed E-state index contributed by atoms with van der Waals surface area (Å²) >= 11 is 1.02. The van der Waals surface area contributed by atoms with Crippen LogP contribution in [0.5, 0.6) is 0 Å². The van der Waals surface area contributed by atoms with Gasteiger partial charge in [0.05, 0.1) is 4.92 Å². The van der Waals surface area contributed by atoms with Gasteiger partial charge in [-0.05, 0) is 11.3 Å². The first-order valence-electron chi connectivity index (χ1n) is 4.84. The Labute approximate surface area is 100 Å². The fourth-order valence-electron chi connectivity index (χ4n) is 1.25. The van der Waals surface area contributed by atoms with Gasteiger partial charge >= 0.3 is 5.00 Å². The molecule has 0 aromatic carbocycles. The summed E-state index contributed by atoms with van der Waals surface area (Å²) in [5.41, 5.74) is 0. The number of nitrogens with one attached hydrogen (secondary N) is 1. The second-order valence-electron chi connectivity index (χ2n) is 3.30. The van der Waals surface area contributed by atoms with Gasteiger partial charge in [0.2, 0.25) is 0 Å². The van der Waals surface area contributed by atoms with Crippen LogP contribution in [0.4, 0.5) is 10.1 Å². The summed E-state index contributed by atoms with van der Waals surface area (Å²) in [5.74, 6) is 0.851. The van der Waals surface area contributed by atoms with Crippen molar-refractivity contribution in [1.29, 1.82) is 0 Å². The van der Waals surface area contributed by atoms with E-state index in [1.54, 1.807) is 6.33 Å². The Morgan fingerprint density at radius 2 is 2.47 bits per heavy atom. The minimum Gasteiger partial charge on any atom is -0.361 e. The summed E-state index contributed by atoms with van der Waals surface area (Å²) in [6.45, 7) is 0.608. The Morgan fingerprint density at radius 1 is 1.65 bits per heavy atom. The van der Waals surface area contributed by atoms with E-state index in [2.05, 4.69) is 20.5 Å². The predicted octanol–water partition coefficient (Wildman–Crippen LogP) is 0.834. The highest BCUT2D eigenvalue weighted by Gasteiger charge is 2.10. The van der Waals surface area contributed by atoms with E-state index in [-0.39, 0.29) is 5.00 Å². The fraction of sp³-hybridized carbons (Fsp3) is 0.375. The van der Waals surface area contributed by atoms with E-state index in [1.165, 1.54) is 6.20 Å². The third-order valence-corrected chi connectivity index (χ3v) is 3.01. The van der Waals surface area contributed by atoms with Crippen LogP contribution in [-0.4, -0.2) is 31.2 Å². The van der Waals surface area contributed by atoms with E-state index in [4.69, 9.17) is 0 Å². The summed E-state index contributed by atoms with van der Waals surface area (Å²) in [5, 5.41) is 21.7. The average molecular weight is 254 g/mol. The Morgan fingerprint density at radius 3 is 3.06 bits per heavy atom. The van der Waals surface area contributed by atoms with Gasteiger partial charge in [0, 0.05) is 20.0 Å². The number of thiazole rings is 1. The van der Waals surface area contributed by atoms with Gasteiger partial charge < -0.3 is 9.88 Å². The standard InChI is InChI=1S/C8H10N6O2S/c1-13-5-11-12-6(13)2-3-9-8-10-4-7(17-8)14(15)16/h4-5H,2-3H2,1H3,(H,9,10). The number of nitro groups is 1. The molecule has 90 valence electrons. The molecule has 0 bridgehead atoms. The summed E-state index contributed by atoms with van der Waals surface area (Å²) in [7, 11) is 1.86. The molecule has 0 fully saturated rings. The van der Waals surface area contributed by atoms with Crippen LogP contribution >= 0.6 is 11.3 Å². The molecular weight excluding hydrogens is 244 g/mol. The molecule has 0 saturated carbocycles. The van der Waals surface area contributed by atoms with Crippen LogP contribution in [-0.2, 0) is 13.5 Å². The topological polar surface area (TPSA) is 98.8 Å². The summed E-state index contributed by atoms with van der Waals surface area (Å²) in [6, 6.07) is 0. The van der Waals surface area contributed by atoms with Gasteiger partial charge in [0.25, 0.3) is 0 Å². The summed E-state index contributed by atoms with van der Waals surface area (Å²) in [6.07, 6.45) is 3.56. The lowest BCUT2D eigenvalue weighted by Crippen LogP contribution is -2.08. The molecule has 0 aliphatic rings. The van der Waals surface area contributed by atoms with Crippen molar-refractivity contribution in [1.82, 2.24) is 19.7 Å². The molecule has 0 amide bonds. The number of hydrogen-bond acceptors (Lipinski definition) is 7. The van der Waals surface area contributed by atoms with Gasteiger partial charge in [-0.1, -0.05) is 0 Å². The maximum absolute atomic E-state index is 10.4. The molecule has 2 aromatic rings. The molecule has 9 heteroatoms. The zero-order valence-corrected chi connectivity index (χ0v) is 9.85. The van der Waals surface area contributed by atoms with Crippen molar-refractivity contribution in [3.63, 3.8) is 0 Å². The summed E-state index contributed by atoms with van der Waals surface area (Å²) < 4.78 is 1.83. The van der Waals surface area contributed by atoms with Gasteiger partial charge in [-0.25, -0.2) is 4.98 Å². The average Bonchev–Trinajstić information content (AvgIpc) is 2.89. The molecule has 1 N–H and O–H groups in total. The number of hydrogen-bond donors (Lipinski definition) is 1. The highest BCUT2D eigenvalue weighted by molar-refractivity contribution is 7.18. The maximum atomic E-state index is 10.4. The third-order valence-electron chi connectivity index (χ3n) is 2.10. The molecule has 17 heavy (non-hydrogen) atoms. The highest BCUT2D eigenvalue weighted by Crippen LogP contribution is 2.24. The lowest BCUT2D eigenvalue weighted by atomic mass is 10.4. The van der Waals surface area contributed by atoms with Crippen LogP contribution in [0.25, 0.3) is 0 Å². The minimum atomic E-state index is -0.453. The molecule has 2 aromatic heterocycles. The van der Waals surface area contributed by atoms with E-state index >= 15 is 0 Å². The van der Waals surface area contributed by atoms with Gasteiger partial charge in [0.15, 0.2) is 5.13 Å². The van der Waals surface area contributed by atoms with E-state index in [0.717, 1.165) is 17.2 Å². The highest BCUT2D eigenvalue weighted by atomic mass is 32.1. The van der Waals surface area contributed by atoms with Crippen LogP contribution in [0.15, 0.2) is 12.5 Å². The molecule has 0 atom stereocenters. The lowest BCUT2D eigenvalue weighted by Gasteiger charge is -2.01. The second kappa shape index (κ2) is 4.87. The zero-order chi connectivity index (χ0) is 12.3. The molecule has 0 aliphatic heterocycles. The quantitative estimate of drug-likeness (QED) is 0.627. The third kappa shape index (κ3) is 2.75. The van der Waals surface area contributed by atoms with Crippen LogP contribution in [0, 0.1) is 10.1 Å². The molecule has 0 aliphatic carbocycles. The van der Waals surface area contributed by atoms with E-state index in [0.29, 0.717) is 18.1 Å². The molecule has 2 heterocycles. The van der Waals surface area contributed by atoms with E-state index in [1.807, 2.05) is 11.6 Å². The molecular formula is C8H10N6O2S. The predicted molar refractivity (Wildman–Crippen MR) is 62.0 cm³/mol. The van der Waals surface area contributed by atoms with Gasteiger partial charge in [-0.3, -0.25) is 10.1 Å². The zero-order valence-electron chi connectivity index (χ0n) is 9.03. The Kier molecular flexibility index (Phi) is 3.28. The monoisotopic (exact) mass is 254 g/mol. The van der Waals surface area contributed by atoms with Crippen molar-refractivity contribution in [3.8, 4) is 0 Å². The van der Waals surface area contributed by atoms with Crippen molar-refractivity contribution in [2.45, 2.75) is 6.42 Å². The Hall–Kier alpha value is -2.03. The van der Waals surface area contributed by atoms with E-state index in [9.17, 15) is 10.1 Å². The normalized spacial score (nSPS) is 10.4. The first-order valence-corrected chi connectivity index (χ1v) is 5.65. The van der Waals surface area contributed by atoms with Crippen LogP contribution in [0.3, 0.4) is 0 Å². The SMILES string of the molecule is Cn1cnnc1CCNc1ncc([N+](=O)[O-])s1. The van der Waals surface area contributed by atoms with E-state index < -0.39 is 4.92 Å². The van der Waals surface area contributed by atoms with Gasteiger partial charge in [-0.2, -0.15) is 0 Å². The molecule has 0 saturated heterocycles. The first kappa shape index (κ1) is 11.5. The van der Waals surface area contributed by atoms with Crippen molar-refractivity contribution in [3.05, 3.63) is 28.5 Å². The van der Waals surface area contributed by atoms with Crippen molar-refractivity contribution >= 4 is 21.5 Å². The van der Waals surface area contributed by atoms with Crippen molar-refractivity contribution < 1.29 is 4.92 Å². The Bertz CT molecular complexity index is 522. The Balaban J connectivity index is 1.86. The van der Waals surface area contributed by atoms with Crippen LogP contribution in [0.1, 0.15) is 5.82 Å². The number of nitrogens with zero attached hydrogens (tertiary/aromatic N) is 5. The number of aromatic nitrogens is 4. The van der Waals surface area contributed by atoms with Crippen molar-refractivity contribution in [2.24, 2.45) is 7.05 Å². The second-order valence-corrected chi connectivity index (χ2v) is 4.30. The first-order chi connectivity index (χ1) is 8.16. The van der Waals surface area contributed by atoms with Gasteiger partial charge in [0.1, 0.15) is 18.3 Å². The minimum absolute atomic E-state index is 0.0335. The molecule has 8 nitrogen and oxygen atoms in total. The molecule has 2 rings (SSSR count). The van der Waals surface area contributed by atoms with Crippen LogP contribution in [0.2, 0.25) is 0 Å². The number of anilines is 1. The summed E-state index contributed by atoms with van der Waals surface area (Å²) in [4.78, 5) is 13.9. The maximum Gasteiger partial charge on any atom is 0.345 e. The fourth-order valence-corrected chi connectivity index (χ4v) is 1.90. The van der Waals surface area contributed by atoms with Crippen LogP contribution < -0.4 is 5.32 Å². The molecule has 0 unspecified atom stereocenters.